The van der Waals surface area contributed by atoms with Gasteiger partial charge in [-0.1, -0.05) is 11.6 Å². The molecule has 2 heterocycles. The number of fused-ring (bicyclic) bond motifs is 1. The minimum atomic E-state index is -0.142. The summed E-state index contributed by atoms with van der Waals surface area (Å²) in [7, 11) is 1.57. The third-order valence-electron chi connectivity index (χ3n) is 1.78. The van der Waals surface area contributed by atoms with Gasteiger partial charge in [-0.05, 0) is 6.08 Å². The molecular weight excluding hydrogens is 176 g/mol. The van der Waals surface area contributed by atoms with Crippen LogP contribution in [-0.4, -0.2) is 25.7 Å². The Hall–Kier alpha value is -1.09. The lowest BCUT2D eigenvalue weighted by molar-refractivity contribution is 0.314. The second-order valence-electron chi connectivity index (χ2n) is 2.45. The van der Waals surface area contributed by atoms with Gasteiger partial charge in [0.15, 0.2) is 11.9 Å². The van der Waals surface area contributed by atoms with Crippen LogP contribution in [0, 0.1) is 0 Å². The second-order valence-corrected chi connectivity index (χ2v) is 2.83. The molecule has 0 N–H and O–H groups in total. The van der Waals surface area contributed by atoms with E-state index in [-0.39, 0.29) is 6.17 Å². The summed E-state index contributed by atoms with van der Waals surface area (Å²) < 4.78 is 5.01. The van der Waals surface area contributed by atoms with E-state index in [4.69, 9.17) is 16.3 Å². The van der Waals surface area contributed by atoms with Crippen molar-refractivity contribution in [2.45, 2.75) is 6.17 Å². The van der Waals surface area contributed by atoms with Crippen molar-refractivity contribution in [3.8, 4) is 0 Å². The maximum absolute atomic E-state index is 6.00. The first-order chi connectivity index (χ1) is 5.83. The Bertz CT molecular complexity index is 328. The van der Waals surface area contributed by atoms with Crippen LogP contribution in [0.1, 0.15) is 0 Å². The first-order valence-corrected chi connectivity index (χ1v) is 3.91. The van der Waals surface area contributed by atoms with Crippen molar-refractivity contribution in [3.05, 3.63) is 22.4 Å². The van der Waals surface area contributed by atoms with E-state index < -0.39 is 0 Å². The normalized spacial score (nSPS) is 25.8. The summed E-state index contributed by atoms with van der Waals surface area (Å²) >= 11 is 6.00. The Morgan fingerprint density at radius 1 is 1.50 bits per heavy atom. The lowest BCUT2D eigenvalue weighted by atomic mass is 10.1. The average molecular weight is 183 g/mol. The standard InChI is InChI=1S/C8H7ClN2O/c1-12-6-4-11-8-5(7(6)9)2-3-10-8/h2-4,8H,1H3/t8-/m1/s1. The molecule has 0 saturated heterocycles. The van der Waals surface area contributed by atoms with Gasteiger partial charge < -0.3 is 4.74 Å². The Kier molecular flexibility index (Phi) is 1.73. The molecule has 2 aliphatic heterocycles. The Morgan fingerprint density at radius 3 is 3.08 bits per heavy atom. The van der Waals surface area contributed by atoms with Crippen LogP contribution in [0.2, 0.25) is 0 Å². The topological polar surface area (TPSA) is 34.0 Å². The second kappa shape index (κ2) is 2.75. The summed E-state index contributed by atoms with van der Waals surface area (Å²) in [4.78, 5) is 8.22. The van der Waals surface area contributed by atoms with Crippen LogP contribution in [0.25, 0.3) is 0 Å². The zero-order valence-corrected chi connectivity index (χ0v) is 7.25. The first kappa shape index (κ1) is 7.55. The van der Waals surface area contributed by atoms with Crippen LogP contribution in [0.15, 0.2) is 32.4 Å². The number of nitrogens with zero attached hydrogens (tertiary/aromatic N) is 2. The van der Waals surface area contributed by atoms with Crippen molar-refractivity contribution in [1.82, 2.24) is 0 Å². The number of aliphatic imine (C=N–C) groups is 2. The minimum Gasteiger partial charge on any atom is -0.494 e. The van der Waals surface area contributed by atoms with E-state index in [9.17, 15) is 0 Å². The fraction of sp³-hybridized carbons (Fsp3) is 0.250. The molecule has 0 aromatic heterocycles. The molecule has 0 aromatic rings. The molecule has 3 nitrogen and oxygen atoms in total. The SMILES string of the molecule is COC1=C(Cl)C2=CC=N[C@@H]2N=C1. The van der Waals surface area contributed by atoms with Crippen molar-refractivity contribution < 1.29 is 4.74 Å². The molecule has 12 heavy (non-hydrogen) atoms. The van der Waals surface area contributed by atoms with Gasteiger partial charge >= 0.3 is 0 Å². The van der Waals surface area contributed by atoms with E-state index in [2.05, 4.69) is 9.98 Å². The third kappa shape index (κ3) is 0.975. The number of hydrogen-bond donors (Lipinski definition) is 0. The monoisotopic (exact) mass is 182 g/mol. The fourth-order valence-corrected chi connectivity index (χ4v) is 1.44. The predicted octanol–water partition coefficient (Wildman–Crippen LogP) is 1.50. The molecule has 62 valence electrons. The summed E-state index contributed by atoms with van der Waals surface area (Å²) in [6, 6.07) is 0. The quantitative estimate of drug-likeness (QED) is 0.605. The maximum atomic E-state index is 6.00. The number of ether oxygens (including phenoxy) is 1. The molecule has 2 rings (SSSR count). The predicted molar refractivity (Wildman–Crippen MR) is 48.7 cm³/mol. The van der Waals surface area contributed by atoms with Gasteiger partial charge in [0.25, 0.3) is 0 Å². The van der Waals surface area contributed by atoms with Crippen LogP contribution in [-0.2, 0) is 4.74 Å². The summed E-state index contributed by atoms with van der Waals surface area (Å²) in [5.74, 6) is 0.602. The van der Waals surface area contributed by atoms with Crippen LogP contribution >= 0.6 is 11.6 Å². The van der Waals surface area contributed by atoms with Crippen molar-refractivity contribution in [1.29, 1.82) is 0 Å². The number of methoxy groups -OCH3 is 1. The number of hydrogen-bond acceptors (Lipinski definition) is 3. The smallest absolute Gasteiger partial charge is 0.166 e. The first-order valence-electron chi connectivity index (χ1n) is 3.53. The fourth-order valence-electron chi connectivity index (χ4n) is 1.16. The Labute approximate surface area is 75.1 Å². The molecule has 0 amide bonds. The van der Waals surface area contributed by atoms with Crippen LogP contribution < -0.4 is 0 Å². The molecule has 0 fully saturated rings. The number of dihydropyridines is 1. The van der Waals surface area contributed by atoms with E-state index in [0.717, 1.165) is 5.57 Å². The molecule has 2 aliphatic rings. The molecule has 0 radical (unpaired) electrons. The summed E-state index contributed by atoms with van der Waals surface area (Å²) in [6.07, 6.45) is 5.02. The molecule has 0 spiro atoms. The van der Waals surface area contributed by atoms with Crippen LogP contribution in [0.5, 0.6) is 0 Å². The van der Waals surface area contributed by atoms with Crippen molar-refractivity contribution >= 4 is 24.0 Å². The highest BCUT2D eigenvalue weighted by molar-refractivity contribution is 6.34. The summed E-state index contributed by atoms with van der Waals surface area (Å²) in [5.41, 5.74) is 0.913. The zero-order valence-electron chi connectivity index (χ0n) is 6.49. The van der Waals surface area contributed by atoms with Gasteiger partial charge in [-0.2, -0.15) is 0 Å². The van der Waals surface area contributed by atoms with E-state index in [1.807, 2.05) is 6.08 Å². The van der Waals surface area contributed by atoms with Crippen molar-refractivity contribution in [2.24, 2.45) is 9.98 Å². The van der Waals surface area contributed by atoms with Gasteiger partial charge in [0.05, 0.1) is 18.4 Å². The van der Waals surface area contributed by atoms with Gasteiger partial charge in [0, 0.05) is 11.8 Å². The maximum Gasteiger partial charge on any atom is 0.166 e. The summed E-state index contributed by atoms with van der Waals surface area (Å²) in [5, 5.41) is 0.606. The molecule has 0 unspecified atom stereocenters. The number of allylic oxidation sites excluding steroid dienone is 2. The van der Waals surface area contributed by atoms with Crippen molar-refractivity contribution in [2.75, 3.05) is 7.11 Å². The van der Waals surface area contributed by atoms with Gasteiger partial charge in [-0.15, -0.1) is 0 Å². The molecule has 4 heteroatoms. The van der Waals surface area contributed by atoms with Gasteiger partial charge in [0.1, 0.15) is 0 Å². The highest BCUT2D eigenvalue weighted by Crippen LogP contribution is 2.29. The summed E-state index contributed by atoms with van der Waals surface area (Å²) in [6.45, 7) is 0. The van der Waals surface area contributed by atoms with E-state index in [0.29, 0.717) is 10.8 Å². The Morgan fingerprint density at radius 2 is 2.33 bits per heavy atom. The zero-order chi connectivity index (χ0) is 8.55. The average Bonchev–Trinajstić information content (AvgIpc) is 2.53. The molecule has 0 aliphatic carbocycles. The van der Waals surface area contributed by atoms with Gasteiger partial charge in [-0.3, -0.25) is 9.98 Å². The van der Waals surface area contributed by atoms with Gasteiger partial charge in [-0.25, -0.2) is 0 Å². The van der Waals surface area contributed by atoms with Crippen LogP contribution in [0.4, 0.5) is 0 Å². The molecular formula is C8H7ClN2O. The number of halogens is 1. The highest BCUT2D eigenvalue weighted by atomic mass is 35.5. The number of rotatable bonds is 1. The van der Waals surface area contributed by atoms with E-state index in [1.54, 1.807) is 19.5 Å². The molecule has 0 saturated carbocycles. The third-order valence-corrected chi connectivity index (χ3v) is 2.19. The lowest BCUT2D eigenvalue weighted by Gasteiger charge is -2.14. The largest absolute Gasteiger partial charge is 0.494 e. The molecule has 1 atom stereocenters. The van der Waals surface area contributed by atoms with Crippen LogP contribution in [0.3, 0.4) is 0 Å². The minimum absolute atomic E-state index is 0.142. The molecule has 0 bridgehead atoms. The van der Waals surface area contributed by atoms with Crippen molar-refractivity contribution in [3.63, 3.8) is 0 Å². The highest BCUT2D eigenvalue weighted by Gasteiger charge is 2.23. The van der Waals surface area contributed by atoms with E-state index >= 15 is 0 Å². The lowest BCUT2D eigenvalue weighted by Crippen LogP contribution is -2.10. The molecule has 0 aromatic carbocycles. The van der Waals surface area contributed by atoms with Gasteiger partial charge in [0.2, 0.25) is 0 Å². The Balaban J connectivity index is 2.41. The van der Waals surface area contributed by atoms with E-state index in [1.165, 1.54) is 0 Å².